The largest absolute Gasteiger partial charge is 0.480 e. The number of carboxylic acids is 1. The second-order valence-electron chi connectivity index (χ2n) is 6.14. The van der Waals surface area contributed by atoms with E-state index < -0.39 is 25.0 Å². The molecule has 28 heavy (non-hydrogen) atoms. The quantitative estimate of drug-likeness (QED) is 0.632. The first-order chi connectivity index (χ1) is 13.2. The molecule has 2 aromatic rings. The number of aryl methyl sites for hydroxylation is 1. The first-order valence-electron chi connectivity index (χ1n) is 8.37. The summed E-state index contributed by atoms with van der Waals surface area (Å²) in [4.78, 5) is 34.2. The maximum atomic E-state index is 12.9. The van der Waals surface area contributed by atoms with Crippen LogP contribution in [0.5, 0.6) is 0 Å². The van der Waals surface area contributed by atoms with E-state index in [4.69, 9.17) is 5.11 Å². The zero-order valence-corrected chi connectivity index (χ0v) is 15.3. The average Bonchev–Trinajstić information content (AvgIpc) is 2.90. The molecule has 0 bridgehead atoms. The summed E-state index contributed by atoms with van der Waals surface area (Å²) < 4.78 is 26.3. The van der Waals surface area contributed by atoms with Gasteiger partial charge in [-0.05, 0) is 31.5 Å². The van der Waals surface area contributed by atoms with Gasteiger partial charge in [-0.2, -0.15) is 13.9 Å². The zero-order valence-electron chi connectivity index (χ0n) is 15.3. The molecule has 2 rings (SSSR count). The van der Waals surface area contributed by atoms with E-state index in [1.165, 1.54) is 6.92 Å². The van der Waals surface area contributed by atoms with Gasteiger partial charge in [0, 0.05) is 16.9 Å². The highest BCUT2D eigenvalue weighted by Crippen LogP contribution is 2.20. The number of carbonyl (C=O) groups excluding carboxylic acids is 2. The Labute approximate surface area is 159 Å². The summed E-state index contributed by atoms with van der Waals surface area (Å²) in [7, 11) is 0. The summed E-state index contributed by atoms with van der Waals surface area (Å²) in [5, 5.41) is 17.2. The Kier molecular flexibility index (Phi) is 6.80. The van der Waals surface area contributed by atoms with E-state index >= 15 is 0 Å². The number of aromatic nitrogens is 2. The van der Waals surface area contributed by atoms with E-state index in [0.717, 1.165) is 0 Å². The Morgan fingerprint density at radius 2 is 1.75 bits per heavy atom. The molecular formula is C18H20F2N4O4. The van der Waals surface area contributed by atoms with Crippen LogP contribution in [0, 0.1) is 13.8 Å². The minimum Gasteiger partial charge on any atom is -0.480 e. The highest BCUT2D eigenvalue weighted by atomic mass is 19.3. The Balaban J connectivity index is 1.94. The number of alkyl halides is 2. The van der Waals surface area contributed by atoms with Crippen molar-refractivity contribution in [1.82, 2.24) is 15.1 Å². The van der Waals surface area contributed by atoms with E-state index in [0.29, 0.717) is 27.2 Å². The number of carbonyl (C=O) groups is 3. The second-order valence-corrected chi connectivity index (χ2v) is 6.14. The number of rotatable bonds is 8. The average molecular weight is 394 g/mol. The Morgan fingerprint density at radius 1 is 1.11 bits per heavy atom. The number of hydrogen-bond acceptors (Lipinski definition) is 4. The highest BCUT2D eigenvalue weighted by Gasteiger charge is 2.19. The lowest BCUT2D eigenvalue weighted by atomic mass is 10.1. The zero-order chi connectivity index (χ0) is 20.8. The van der Waals surface area contributed by atoms with Crippen LogP contribution in [0.4, 0.5) is 14.5 Å². The Bertz CT molecular complexity index is 878. The van der Waals surface area contributed by atoms with Crippen LogP contribution in [0.2, 0.25) is 0 Å². The molecule has 0 aliphatic rings. The summed E-state index contributed by atoms with van der Waals surface area (Å²) in [5.41, 5.74) is 2.19. The van der Waals surface area contributed by atoms with E-state index in [1.54, 1.807) is 31.2 Å². The van der Waals surface area contributed by atoms with Gasteiger partial charge in [-0.1, -0.05) is 12.1 Å². The molecule has 8 nitrogen and oxygen atoms in total. The fourth-order valence-electron chi connectivity index (χ4n) is 2.64. The lowest BCUT2D eigenvalue weighted by Crippen LogP contribution is -2.30. The van der Waals surface area contributed by atoms with Crippen LogP contribution in [0.1, 0.15) is 29.1 Å². The number of amides is 2. The van der Waals surface area contributed by atoms with Crippen LogP contribution in [-0.4, -0.2) is 39.2 Å². The standard InChI is InChI=1S/C18H20F2N4O4/c1-10-14(11(2)24(23-10)18(19)20)8-16(26)22-13-5-3-12(4-6-13)7-15(25)21-9-17(27)28/h3-6,18H,7-9H2,1-2H3,(H,21,25)(H,22,26)(H,27,28). The molecule has 150 valence electrons. The number of nitrogens with one attached hydrogen (secondary N) is 2. The smallest absolute Gasteiger partial charge is 0.333 e. The molecule has 1 aromatic heterocycles. The first kappa shape index (κ1) is 21.0. The molecule has 0 radical (unpaired) electrons. The van der Waals surface area contributed by atoms with Crippen molar-refractivity contribution in [3.8, 4) is 0 Å². The predicted octanol–water partition coefficient (Wildman–Crippen LogP) is 1.82. The minimum absolute atomic E-state index is 0.00666. The van der Waals surface area contributed by atoms with Crippen molar-refractivity contribution in [3.63, 3.8) is 0 Å². The Hall–Kier alpha value is -3.30. The molecule has 1 aromatic carbocycles. The second kappa shape index (κ2) is 9.07. The van der Waals surface area contributed by atoms with Crippen LogP contribution in [-0.2, 0) is 27.2 Å². The van der Waals surface area contributed by atoms with Gasteiger partial charge < -0.3 is 15.7 Å². The highest BCUT2D eigenvalue weighted by molar-refractivity contribution is 5.92. The van der Waals surface area contributed by atoms with E-state index in [9.17, 15) is 23.2 Å². The number of halogens is 2. The number of carboxylic acid groups (broad SMARTS) is 1. The van der Waals surface area contributed by atoms with E-state index in [2.05, 4.69) is 15.7 Å². The summed E-state index contributed by atoms with van der Waals surface area (Å²) in [6.07, 6.45) is -0.0869. The normalized spacial score (nSPS) is 10.8. The van der Waals surface area contributed by atoms with Crippen molar-refractivity contribution >= 4 is 23.5 Å². The van der Waals surface area contributed by atoms with Gasteiger partial charge in [0.25, 0.3) is 0 Å². The SMILES string of the molecule is Cc1nn(C(F)F)c(C)c1CC(=O)Nc1ccc(CC(=O)NCC(=O)O)cc1. The molecule has 0 unspecified atom stereocenters. The van der Waals surface area contributed by atoms with Gasteiger partial charge in [-0.3, -0.25) is 14.4 Å². The maximum Gasteiger partial charge on any atom is 0.333 e. The lowest BCUT2D eigenvalue weighted by molar-refractivity contribution is -0.137. The minimum atomic E-state index is -2.77. The molecule has 1 heterocycles. The van der Waals surface area contributed by atoms with Gasteiger partial charge >= 0.3 is 12.5 Å². The van der Waals surface area contributed by atoms with Crippen molar-refractivity contribution in [3.05, 3.63) is 46.8 Å². The van der Waals surface area contributed by atoms with E-state index in [-0.39, 0.29) is 24.4 Å². The molecule has 3 N–H and O–H groups in total. The number of aliphatic carboxylic acids is 1. The molecule has 10 heteroatoms. The third-order valence-corrected chi connectivity index (χ3v) is 4.04. The van der Waals surface area contributed by atoms with Gasteiger partial charge in [0.05, 0.1) is 18.5 Å². The van der Waals surface area contributed by atoms with Crippen LogP contribution in [0.3, 0.4) is 0 Å². The van der Waals surface area contributed by atoms with Crippen LogP contribution in [0.25, 0.3) is 0 Å². The fraction of sp³-hybridized carbons (Fsp3) is 0.333. The maximum absolute atomic E-state index is 12.9. The van der Waals surface area contributed by atoms with Crippen LogP contribution < -0.4 is 10.6 Å². The molecule has 0 aliphatic heterocycles. The molecule has 0 saturated heterocycles. The van der Waals surface area contributed by atoms with Crippen LogP contribution >= 0.6 is 0 Å². The Morgan fingerprint density at radius 3 is 2.29 bits per heavy atom. The van der Waals surface area contributed by atoms with Gasteiger partial charge in [0.2, 0.25) is 11.8 Å². The third kappa shape index (κ3) is 5.60. The first-order valence-corrected chi connectivity index (χ1v) is 8.37. The van der Waals surface area contributed by atoms with Gasteiger partial charge in [0.1, 0.15) is 6.54 Å². The number of anilines is 1. The summed E-state index contributed by atoms with van der Waals surface area (Å²) in [5.74, 6) is -1.94. The molecule has 0 spiro atoms. The number of hydrogen-bond donors (Lipinski definition) is 3. The summed E-state index contributed by atoms with van der Waals surface area (Å²) in [6, 6.07) is 6.45. The van der Waals surface area contributed by atoms with E-state index in [1.807, 2.05) is 0 Å². The topological polar surface area (TPSA) is 113 Å². The number of nitrogens with zero attached hydrogens (tertiary/aromatic N) is 2. The van der Waals surface area contributed by atoms with Crippen LogP contribution in [0.15, 0.2) is 24.3 Å². The monoisotopic (exact) mass is 394 g/mol. The van der Waals surface area contributed by atoms with Crippen molar-refractivity contribution < 1.29 is 28.3 Å². The van der Waals surface area contributed by atoms with Gasteiger partial charge in [-0.15, -0.1) is 0 Å². The third-order valence-electron chi connectivity index (χ3n) is 4.04. The molecule has 0 aliphatic carbocycles. The molecule has 2 amide bonds. The molecule has 0 fully saturated rings. The van der Waals surface area contributed by atoms with Crippen molar-refractivity contribution in [1.29, 1.82) is 0 Å². The summed E-state index contributed by atoms with van der Waals surface area (Å²) in [6.45, 7) is -0.165. The summed E-state index contributed by atoms with van der Waals surface area (Å²) >= 11 is 0. The predicted molar refractivity (Wildman–Crippen MR) is 96.1 cm³/mol. The molecule has 0 atom stereocenters. The van der Waals surface area contributed by atoms with Gasteiger partial charge in [-0.25, -0.2) is 4.68 Å². The number of benzene rings is 1. The lowest BCUT2D eigenvalue weighted by Gasteiger charge is -2.08. The molecule has 0 saturated carbocycles. The van der Waals surface area contributed by atoms with Crippen molar-refractivity contribution in [2.24, 2.45) is 0 Å². The van der Waals surface area contributed by atoms with Gasteiger partial charge in [0.15, 0.2) is 0 Å². The van der Waals surface area contributed by atoms with Crippen molar-refractivity contribution in [2.45, 2.75) is 33.2 Å². The fourth-order valence-corrected chi connectivity index (χ4v) is 2.64. The van der Waals surface area contributed by atoms with Crippen molar-refractivity contribution in [2.75, 3.05) is 11.9 Å². The molecular weight excluding hydrogens is 374 g/mol.